The van der Waals surface area contributed by atoms with E-state index in [0.717, 1.165) is 48.1 Å². The van der Waals surface area contributed by atoms with E-state index in [0.29, 0.717) is 41.5 Å². The molecule has 3 heterocycles. The maximum absolute atomic E-state index is 13.8. The number of guanidine groups is 1. The molecule has 2 bridgehead atoms. The van der Waals surface area contributed by atoms with Crippen molar-refractivity contribution in [1.82, 2.24) is 19.8 Å². The number of hydrogen-bond acceptors (Lipinski definition) is 13. The number of piperidine rings is 1. The lowest BCUT2D eigenvalue weighted by Crippen LogP contribution is -2.65. The molecular formula is C49H68N6O11S. The molecule has 366 valence electrons. The fourth-order valence-corrected chi connectivity index (χ4v) is 12.7. The van der Waals surface area contributed by atoms with E-state index in [9.17, 15) is 32.4 Å². The van der Waals surface area contributed by atoms with Gasteiger partial charge in [-0.3, -0.25) is 24.2 Å². The van der Waals surface area contributed by atoms with Crippen molar-refractivity contribution in [3.05, 3.63) is 45.5 Å². The van der Waals surface area contributed by atoms with Gasteiger partial charge in [0.1, 0.15) is 23.4 Å². The normalized spacial score (nSPS) is 23.0. The topological polar surface area (TPSA) is 225 Å². The minimum Gasteiger partial charge on any atom is -0.487 e. The molecule has 2 aromatic rings. The number of likely N-dealkylation sites (tertiary alicyclic amines) is 1. The standard InChI is InChI=1S/C49H68N6O11S/c1-11-55(46(60)63-37-19-16-30-24-34-32-17-18-36(57)44-49(32,20-23-54(34)10)40(30)42(37)64-44)22-13-15-35(56)33(52-38(58)25-39(59)65-47(5,6)7)14-12-21-51-45(50)53-67(61,62)43-28(3)27(2)41-31(29(43)4)26-48(8,9)66-41/h16,19,32-34,44H,11-15,17-18,20-26H2,1-10H3,(H,52,58)(H3,50,51,53)/t32?,33-,34+,44-,49-/m0/s1. The van der Waals surface area contributed by atoms with E-state index in [1.54, 1.807) is 47.6 Å². The van der Waals surface area contributed by atoms with Crippen molar-refractivity contribution < 1.29 is 51.3 Å². The Morgan fingerprint density at radius 3 is 2.51 bits per heavy atom. The first-order valence-corrected chi connectivity index (χ1v) is 25.1. The van der Waals surface area contributed by atoms with E-state index in [1.165, 1.54) is 4.90 Å². The predicted molar refractivity (Wildman–Crippen MR) is 250 cm³/mol. The molecule has 1 spiro atoms. The van der Waals surface area contributed by atoms with Crippen LogP contribution in [0.3, 0.4) is 0 Å². The number of benzene rings is 2. The Morgan fingerprint density at radius 1 is 1.07 bits per heavy atom. The average Bonchev–Trinajstić information content (AvgIpc) is 3.76. The first-order chi connectivity index (χ1) is 31.4. The number of esters is 1. The number of nitrogens with two attached hydrogens (primary N) is 1. The third-order valence-corrected chi connectivity index (χ3v) is 15.9. The number of hydrogen-bond donors (Lipinski definition) is 3. The number of carbonyl (C=O) groups is 5. The molecule has 18 heteroatoms. The van der Waals surface area contributed by atoms with Crippen LogP contribution >= 0.6 is 0 Å². The monoisotopic (exact) mass is 948 g/mol. The highest BCUT2D eigenvalue weighted by molar-refractivity contribution is 7.90. The van der Waals surface area contributed by atoms with Gasteiger partial charge in [0.2, 0.25) is 11.9 Å². The SMILES string of the molecule is CCN(CCCC(=O)[C@H](CCCN=C(N)NS(=O)(=O)c1c(C)c(C)c2c(c1C)CC(C)(C)O2)NC(=O)CC(=O)OC(C)(C)C)C(=O)Oc1ccc2c3c1O[C@H]1C(=O)CCC4[C@@H](C2)N(C)CC[C@@]341. The van der Waals surface area contributed by atoms with E-state index < -0.39 is 63.2 Å². The summed E-state index contributed by atoms with van der Waals surface area (Å²) in [7, 11) is -1.99. The summed E-state index contributed by atoms with van der Waals surface area (Å²) in [6.07, 6.45) is 2.19. The second kappa shape index (κ2) is 18.7. The zero-order valence-electron chi connectivity index (χ0n) is 40.7. The molecule has 3 aliphatic heterocycles. The van der Waals surface area contributed by atoms with Gasteiger partial charge in [0.05, 0.1) is 10.9 Å². The van der Waals surface area contributed by atoms with Crippen LogP contribution in [0.1, 0.15) is 126 Å². The second-order valence-electron chi connectivity index (χ2n) is 20.5. The van der Waals surface area contributed by atoms with E-state index in [1.807, 2.05) is 26.8 Å². The van der Waals surface area contributed by atoms with Gasteiger partial charge in [-0.1, -0.05) is 6.07 Å². The Bertz CT molecular complexity index is 2500. The van der Waals surface area contributed by atoms with Crippen molar-refractivity contribution >= 4 is 45.5 Å². The molecule has 1 saturated carbocycles. The van der Waals surface area contributed by atoms with Crippen LogP contribution in [-0.2, 0) is 52.2 Å². The fourth-order valence-electron chi connectivity index (χ4n) is 11.2. The van der Waals surface area contributed by atoms with E-state index in [-0.39, 0.29) is 79.4 Å². The largest absolute Gasteiger partial charge is 0.487 e. The van der Waals surface area contributed by atoms with Crippen LogP contribution in [0.15, 0.2) is 22.0 Å². The number of nitrogens with zero attached hydrogens (tertiary/aromatic N) is 3. The van der Waals surface area contributed by atoms with Crippen LogP contribution in [0.5, 0.6) is 17.2 Å². The molecule has 2 aliphatic carbocycles. The van der Waals surface area contributed by atoms with Crippen LogP contribution in [0.4, 0.5) is 4.79 Å². The summed E-state index contributed by atoms with van der Waals surface area (Å²) < 4.78 is 53.8. The number of sulfonamides is 1. The molecule has 1 unspecified atom stereocenters. The molecule has 5 aliphatic rings. The summed E-state index contributed by atoms with van der Waals surface area (Å²) in [6.45, 7) is 17.4. The molecule has 4 N–H and O–H groups in total. The molecule has 1 saturated heterocycles. The average molecular weight is 949 g/mol. The van der Waals surface area contributed by atoms with Crippen LogP contribution in [-0.4, -0.2) is 116 Å². The molecular weight excluding hydrogens is 881 g/mol. The molecule has 2 amide bonds. The van der Waals surface area contributed by atoms with Gasteiger partial charge < -0.3 is 39.8 Å². The van der Waals surface area contributed by atoms with Gasteiger partial charge in [0.15, 0.2) is 29.2 Å². The van der Waals surface area contributed by atoms with Crippen molar-refractivity contribution in [2.75, 3.05) is 33.2 Å². The van der Waals surface area contributed by atoms with Crippen molar-refractivity contribution in [3.8, 4) is 17.2 Å². The number of ether oxygens (including phenoxy) is 4. The highest BCUT2D eigenvalue weighted by atomic mass is 32.2. The number of nitrogens with one attached hydrogen (secondary N) is 2. The van der Waals surface area contributed by atoms with Crippen molar-refractivity contribution in [1.29, 1.82) is 0 Å². The smallest absolute Gasteiger partial charge is 0.415 e. The van der Waals surface area contributed by atoms with Crippen LogP contribution in [0.2, 0.25) is 0 Å². The fraction of sp³-hybridized carbons (Fsp3) is 0.633. The Kier molecular flexibility index (Phi) is 13.9. The first kappa shape index (κ1) is 49.7. The van der Waals surface area contributed by atoms with Crippen LogP contribution in [0, 0.1) is 26.7 Å². The maximum atomic E-state index is 13.8. The number of aliphatic imine (C=N–C) groups is 1. The van der Waals surface area contributed by atoms with Gasteiger partial charge in [-0.25, -0.2) is 17.9 Å². The maximum Gasteiger partial charge on any atom is 0.415 e. The summed E-state index contributed by atoms with van der Waals surface area (Å²) >= 11 is 0. The number of carbonyl (C=O) groups excluding carboxylic acids is 5. The Labute approximate surface area is 394 Å². The number of amides is 2. The number of likely N-dealkylation sites (N-methyl/N-ethyl adjacent to an activating group) is 1. The molecule has 67 heavy (non-hydrogen) atoms. The quantitative estimate of drug-likeness (QED) is 0.0662. The molecule has 0 radical (unpaired) electrons. The summed E-state index contributed by atoms with van der Waals surface area (Å²) in [5.74, 6) is -0.289. The molecule has 2 aromatic carbocycles. The molecule has 2 fully saturated rings. The third-order valence-electron chi connectivity index (χ3n) is 14.2. The minimum atomic E-state index is -4.14. The lowest BCUT2D eigenvalue weighted by atomic mass is 9.52. The Hall–Kier alpha value is -5.23. The van der Waals surface area contributed by atoms with Crippen LogP contribution < -0.4 is 30.0 Å². The van der Waals surface area contributed by atoms with Gasteiger partial charge in [-0.05, 0) is 149 Å². The molecule has 7 rings (SSSR count). The van der Waals surface area contributed by atoms with E-state index >= 15 is 0 Å². The first-order valence-electron chi connectivity index (χ1n) is 23.6. The van der Waals surface area contributed by atoms with Crippen LogP contribution in [0.25, 0.3) is 0 Å². The third kappa shape index (κ3) is 9.88. The zero-order valence-corrected chi connectivity index (χ0v) is 41.5. The number of fused-ring (bicyclic) bond motifs is 1. The van der Waals surface area contributed by atoms with Gasteiger partial charge in [-0.2, -0.15) is 0 Å². The highest BCUT2D eigenvalue weighted by Gasteiger charge is 2.65. The van der Waals surface area contributed by atoms with Gasteiger partial charge in [0.25, 0.3) is 10.0 Å². The predicted octanol–water partition coefficient (Wildman–Crippen LogP) is 5.02. The Balaban J connectivity index is 0.980. The van der Waals surface area contributed by atoms with Crippen molar-refractivity contribution in [2.45, 2.75) is 166 Å². The lowest BCUT2D eigenvalue weighted by Gasteiger charge is -2.57. The summed E-state index contributed by atoms with van der Waals surface area (Å²) in [5, 5.41) is 2.67. The number of Topliss-reactive ketones (excluding diaryl/α,β-unsaturated/α-hetero) is 2. The molecule has 0 aromatic heterocycles. The van der Waals surface area contributed by atoms with E-state index in [4.69, 9.17) is 24.7 Å². The molecule has 17 nitrogen and oxygen atoms in total. The van der Waals surface area contributed by atoms with Gasteiger partial charge in [-0.15, -0.1) is 0 Å². The second-order valence-corrected chi connectivity index (χ2v) is 22.2. The van der Waals surface area contributed by atoms with Crippen molar-refractivity contribution in [3.63, 3.8) is 0 Å². The lowest BCUT2D eigenvalue weighted by molar-refractivity contribution is -0.156. The summed E-state index contributed by atoms with van der Waals surface area (Å²) in [5.41, 5.74) is 9.24. The highest BCUT2D eigenvalue weighted by Crippen LogP contribution is 2.63. The van der Waals surface area contributed by atoms with Gasteiger partial charge >= 0.3 is 12.1 Å². The van der Waals surface area contributed by atoms with Crippen molar-refractivity contribution in [2.24, 2.45) is 16.6 Å². The number of ketones is 2. The zero-order chi connectivity index (χ0) is 49.0. The van der Waals surface area contributed by atoms with E-state index in [2.05, 4.69) is 27.0 Å². The van der Waals surface area contributed by atoms with Gasteiger partial charge in [0, 0.05) is 61.5 Å². The molecule has 5 atom stereocenters. The number of rotatable bonds is 16. The summed E-state index contributed by atoms with van der Waals surface area (Å²) in [4.78, 5) is 74.7. The summed E-state index contributed by atoms with van der Waals surface area (Å²) in [6, 6.07) is 3.04. The Morgan fingerprint density at radius 2 is 1.81 bits per heavy atom. The minimum absolute atomic E-state index is 0.0153.